The van der Waals surface area contributed by atoms with Gasteiger partial charge in [-0.3, -0.25) is 4.98 Å². The van der Waals surface area contributed by atoms with Crippen LogP contribution >= 0.6 is 0 Å². The number of alkyl halides is 6. The summed E-state index contributed by atoms with van der Waals surface area (Å²) >= 11 is 0. The molecule has 0 radical (unpaired) electrons. The lowest BCUT2D eigenvalue weighted by molar-refractivity contribution is -0.138. The first-order valence-corrected chi connectivity index (χ1v) is 9.83. The Morgan fingerprint density at radius 1 is 0.882 bits per heavy atom. The average Bonchev–Trinajstić information content (AvgIpc) is 2.78. The molecule has 4 aromatic rings. The van der Waals surface area contributed by atoms with Crippen LogP contribution in [0.2, 0.25) is 0 Å². The van der Waals surface area contributed by atoms with Crippen LogP contribution in [0.25, 0.3) is 22.4 Å². The minimum atomic E-state index is -4.62. The molecule has 0 bridgehead atoms. The Labute approximate surface area is 189 Å². The smallest absolute Gasteiger partial charge is 0.378 e. The lowest BCUT2D eigenvalue weighted by Gasteiger charge is -2.14. The maximum absolute atomic E-state index is 13.4. The highest BCUT2D eigenvalue weighted by Gasteiger charge is 2.34. The molecule has 0 saturated heterocycles. The number of aromatic nitrogens is 3. The molecule has 0 saturated carbocycles. The Kier molecular flexibility index (Phi) is 6.13. The third-order valence-corrected chi connectivity index (χ3v) is 4.86. The maximum atomic E-state index is 13.4. The standard InChI is InChI=1S/C23H16F6N4O/c1-34-12-15-11-19(31-14-6-4-13(5-7-14)22(24,25)26)16-8-9-18(33-21(16)32-15)20-17(23(27,28)29)3-2-10-30-20/h2-11H,12H2,1H3,(H,31,32,33). The molecule has 0 atom stereocenters. The van der Waals surface area contributed by atoms with Gasteiger partial charge >= 0.3 is 12.4 Å². The predicted molar refractivity (Wildman–Crippen MR) is 113 cm³/mol. The SMILES string of the molecule is COCc1cc(Nc2ccc(C(F)(F)F)cc2)c2ccc(-c3ncccc3C(F)(F)F)nc2n1. The van der Waals surface area contributed by atoms with Crippen molar-refractivity contribution in [3.63, 3.8) is 0 Å². The first-order valence-electron chi connectivity index (χ1n) is 9.83. The molecular weight excluding hydrogens is 462 g/mol. The quantitative estimate of drug-likeness (QED) is 0.327. The normalized spacial score (nSPS) is 12.2. The minimum absolute atomic E-state index is 0.0250. The summed E-state index contributed by atoms with van der Waals surface area (Å²) in [7, 11) is 1.45. The van der Waals surface area contributed by atoms with Gasteiger partial charge in [0.2, 0.25) is 0 Å². The minimum Gasteiger partial charge on any atom is -0.378 e. The van der Waals surface area contributed by atoms with Crippen molar-refractivity contribution in [1.82, 2.24) is 15.0 Å². The van der Waals surface area contributed by atoms with Gasteiger partial charge < -0.3 is 10.1 Å². The maximum Gasteiger partial charge on any atom is 0.418 e. The summed E-state index contributed by atoms with van der Waals surface area (Å²) in [5.41, 5.74) is -0.717. The number of nitrogens with zero attached hydrogens (tertiary/aromatic N) is 3. The topological polar surface area (TPSA) is 59.9 Å². The second-order valence-corrected chi connectivity index (χ2v) is 7.26. The van der Waals surface area contributed by atoms with E-state index in [0.717, 1.165) is 18.2 Å². The van der Waals surface area contributed by atoms with Gasteiger partial charge in [0, 0.05) is 24.4 Å². The van der Waals surface area contributed by atoms with Crippen molar-refractivity contribution in [3.05, 3.63) is 77.6 Å². The zero-order valence-corrected chi connectivity index (χ0v) is 17.5. The molecule has 0 aliphatic carbocycles. The van der Waals surface area contributed by atoms with E-state index in [1.54, 1.807) is 6.07 Å². The van der Waals surface area contributed by atoms with Gasteiger partial charge in [-0.1, -0.05) is 0 Å². The molecule has 34 heavy (non-hydrogen) atoms. The molecular formula is C23H16F6N4O. The van der Waals surface area contributed by atoms with E-state index in [9.17, 15) is 26.3 Å². The van der Waals surface area contributed by atoms with Crippen LogP contribution in [0.5, 0.6) is 0 Å². The third kappa shape index (κ3) is 4.93. The first-order chi connectivity index (χ1) is 16.1. The third-order valence-electron chi connectivity index (χ3n) is 4.86. The Morgan fingerprint density at radius 3 is 2.26 bits per heavy atom. The monoisotopic (exact) mass is 478 g/mol. The van der Waals surface area contributed by atoms with E-state index in [0.29, 0.717) is 22.5 Å². The molecule has 1 N–H and O–H groups in total. The molecule has 0 aliphatic heterocycles. The van der Waals surface area contributed by atoms with Crippen LogP contribution in [0, 0.1) is 0 Å². The van der Waals surface area contributed by atoms with Gasteiger partial charge in [0.1, 0.15) is 5.69 Å². The number of nitrogens with one attached hydrogen (secondary N) is 1. The molecule has 1 aromatic carbocycles. The largest absolute Gasteiger partial charge is 0.418 e. The molecule has 0 unspecified atom stereocenters. The Balaban J connectivity index is 1.79. The van der Waals surface area contributed by atoms with Gasteiger partial charge in [0.25, 0.3) is 0 Å². The van der Waals surface area contributed by atoms with E-state index in [1.807, 2.05) is 0 Å². The number of benzene rings is 1. The number of rotatable bonds is 5. The molecule has 0 fully saturated rings. The Morgan fingerprint density at radius 2 is 1.62 bits per heavy atom. The van der Waals surface area contributed by atoms with E-state index >= 15 is 0 Å². The molecule has 176 valence electrons. The summed E-state index contributed by atoms with van der Waals surface area (Å²) in [6.07, 6.45) is -7.85. The van der Waals surface area contributed by atoms with Crippen molar-refractivity contribution >= 4 is 22.4 Å². The molecule has 5 nitrogen and oxygen atoms in total. The van der Waals surface area contributed by atoms with Gasteiger partial charge in [-0.05, 0) is 54.6 Å². The summed E-state index contributed by atoms with van der Waals surface area (Å²) in [5.74, 6) is 0. The molecule has 0 amide bonds. The average molecular weight is 478 g/mol. The molecule has 3 aromatic heterocycles. The molecule has 0 aliphatic rings. The second kappa shape index (κ2) is 8.90. The number of fused-ring (bicyclic) bond motifs is 1. The highest BCUT2D eigenvalue weighted by atomic mass is 19.4. The summed E-state index contributed by atoms with van der Waals surface area (Å²) in [4.78, 5) is 12.5. The lowest BCUT2D eigenvalue weighted by atomic mass is 10.1. The van der Waals surface area contributed by atoms with Crippen LogP contribution in [0.15, 0.2) is 60.8 Å². The number of methoxy groups -OCH3 is 1. The number of pyridine rings is 3. The van der Waals surface area contributed by atoms with E-state index in [1.165, 1.54) is 43.6 Å². The zero-order valence-electron chi connectivity index (χ0n) is 17.5. The van der Waals surface area contributed by atoms with Gasteiger partial charge in [-0.25, -0.2) is 9.97 Å². The molecule has 11 heteroatoms. The van der Waals surface area contributed by atoms with Crippen LogP contribution < -0.4 is 5.32 Å². The van der Waals surface area contributed by atoms with E-state index in [4.69, 9.17) is 4.74 Å². The molecule has 0 spiro atoms. The number of halogens is 6. The lowest BCUT2D eigenvalue weighted by Crippen LogP contribution is -2.09. The molecule has 3 heterocycles. The van der Waals surface area contributed by atoms with Crippen molar-refractivity contribution in [2.75, 3.05) is 12.4 Å². The number of hydrogen-bond donors (Lipinski definition) is 1. The van der Waals surface area contributed by atoms with Gasteiger partial charge in [0.15, 0.2) is 5.65 Å². The van der Waals surface area contributed by atoms with Crippen LogP contribution in [-0.2, 0) is 23.7 Å². The van der Waals surface area contributed by atoms with Crippen molar-refractivity contribution in [2.45, 2.75) is 19.0 Å². The number of hydrogen-bond acceptors (Lipinski definition) is 5. The zero-order chi connectivity index (χ0) is 24.5. The van der Waals surface area contributed by atoms with Gasteiger partial charge in [-0.15, -0.1) is 0 Å². The van der Waals surface area contributed by atoms with Crippen LogP contribution in [0.3, 0.4) is 0 Å². The van der Waals surface area contributed by atoms with Crippen molar-refractivity contribution in [2.24, 2.45) is 0 Å². The highest BCUT2D eigenvalue weighted by Crippen LogP contribution is 2.36. The van der Waals surface area contributed by atoms with Gasteiger partial charge in [0.05, 0.1) is 34.8 Å². The van der Waals surface area contributed by atoms with E-state index in [2.05, 4.69) is 20.3 Å². The number of anilines is 2. The second-order valence-electron chi connectivity index (χ2n) is 7.26. The van der Waals surface area contributed by atoms with Crippen LogP contribution in [0.1, 0.15) is 16.8 Å². The fourth-order valence-electron chi connectivity index (χ4n) is 3.35. The summed E-state index contributed by atoms with van der Waals surface area (Å²) in [6, 6.07) is 11.1. The predicted octanol–water partition coefficient (Wildman–Crippen LogP) is 6.62. The summed E-state index contributed by atoms with van der Waals surface area (Å²) in [5, 5.41) is 3.47. The van der Waals surface area contributed by atoms with Crippen molar-refractivity contribution < 1.29 is 31.1 Å². The van der Waals surface area contributed by atoms with Crippen LogP contribution in [-0.4, -0.2) is 22.1 Å². The summed E-state index contributed by atoms with van der Waals surface area (Å²) < 4.78 is 84.0. The van der Waals surface area contributed by atoms with Gasteiger partial charge in [-0.2, -0.15) is 26.3 Å². The van der Waals surface area contributed by atoms with E-state index in [-0.39, 0.29) is 23.6 Å². The Hall–Kier alpha value is -3.73. The van der Waals surface area contributed by atoms with E-state index < -0.39 is 23.5 Å². The highest BCUT2D eigenvalue weighted by molar-refractivity contribution is 5.92. The fraction of sp³-hybridized carbons (Fsp3) is 0.174. The molecule has 4 rings (SSSR count). The fourth-order valence-corrected chi connectivity index (χ4v) is 3.35. The van der Waals surface area contributed by atoms with Crippen molar-refractivity contribution in [3.8, 4) is 11.4 Å². The first kappa shape index (κ1) is 23.4. The van der Waals surface area contributed by atoms with Crippen LogP contribution in [0.4, 0.5) is 37.7 Å². The summed E-state index contributed by atoms with van der Waals surface area (Å²) in [6.45, 7) is 0.0843. The Bertz CT molecular complexity index is 1320. The number of ether oxygens (including phenoxy) is 1. The van der Waals surface area contributed by atoms with Crippen molar-refractivity contribution in [1.29, 1.82) is 0 Å².